The Morgan fingerprint density at radius 3 is 2.50 bits per heavy atom. The maximum atomic E-state index is 5.22. The summed E-state index contributed by atoms with van der Waals surface area (Å²) >= 11 is 0. The van der Waals surface area contributed by atoms with Gasteiger partial charge in [0.2, 0.25) is 0 Å². The molecule has 1 unspecified atom stereocenters. The summed E-state index contributed by atoms with van der Waals surface area (Å²) in [6, 6.07) is 15.4. The minimum Gasteiger partial charge on any atom is -0.497 e. The van der Waals surface area contributed by atoms with E-state index in [-0.39, 0.29) is 0 Å². The number of benzene rings is 2. The molecule has 104 valence electrons. The number of nitrogens with one attached hydrogen (secondary N) is 1. The van der Waals surface area contributed by atoms with Crippen LogP contribution in [0.15, 0.2) is 42.5 Å². The van der Waals surface area contributed by atoms with Gasteiger partial charge in [0, 0.05) is 5.69 Å². The van der Waals surface area contributed by atoms with Gasteiger partial charge in [-0.2, -0.15) is 0 Å². The van der Waals surface area contributed by atoms with Gasteiger partial charge in [0.15, 0.2) is 0 Å². The first-order chi connectivity index (χ1) is 9.69. The number of hydrogen-bond donors (Lipinski definition) is 1. The van der Waals surface area contributed by atoms with Crippen molar-refractivity contribution >= 4 is 5.69 Å². The van der Waals surface area contributed by atoms with E-state index in [1.165, 1.54) is 22.4 Å². The highest BCUT2D eigenvalue weighted by molar-refractivity contribution is 5.64. The quantitative estimate of drug-likeness (QED) is 0.882. The van der Waals surface area contributed by atoms with E-state index in [1.807, 2.05) is 12.1 Å². The van der Waals surface area contributed by atoms with Gasteiger partial charge in [0.1, 0.15) is 5.75 Å². The zero-order chi connectivity index (χ0) is 14.1. The molecule has 1 aliphatic heterocycles. The monoisotopic (exact) mass is 267 g/mol. The zero-order valence-electron chi connectivity index (χ0n) is 12.3. The summed E-state index contributed by atoms with van der Waals surface area (Å²) in [7, 11) is 1.70. The Morgan fingerprint density at radius 2 is 1.85 bits per heavy atom. The molecule has 0 saturated carbocycles. The summed E-state index contributed by atoms with van der Waals surface area (Å²) in [5, 5.41) is 3.70. The lowest BCUT2D eigenvalue weighted by Crippen LogP contribution is -2.06. The number of anilines is 1. The largest absolute Gasteiger partial charge is 0.497 e. The van der Waals surface area contributed by atoms with Crippen LogP contribution in [0.2, 0.25) is 0 Å². The smallest absolute Gasteiger partial charge is 0.118 e. The summed E-state index contributed by atoms with van der Waals surface area (Å²) in [4.78, 5) is 0. The first-order valence-electron chi connectivity index (χ1n) is 7.21. The summed E-state index contributed by atoms with van der Waals surface area (Å²) in [6.07, 6.45) is 1.06. The molecule has 0 amide bonds. The van der Waals surface area contributed by atoms with Crippen molar-refractivity contribution in [3.05, 3.63) is 59.2 Å². The second kappa shape index (κ2) is 5.20. The van der Waals surface area contributed by atoms with Crippen molar-refractivity contribution in [1.82, 2.24) is 0 Å². The Balaban J connectivity index is 1.88. The first-order valence-corrected chi connectivity index (χ1v) is 7.21. The molecule has 1 atom stereocenters. The van der Waals surface area contributed by atoms with Crippen LogP contribution in [-0.2, 0) is 6.42 Å². The van der Waals surface area contributed by atoms with E-state index in [9.17, 15) is 0 Å². The predicted octanol–water partition coefficient (Wildman–Crippen LogP) is 4.53. The maximum absolute atomic E-state index is 5.22. The van der Waals surface area contributed by atoms with Crippen molar-refractivity contribution in [3.63, 3.8) is 0 Å². The molecule has 0 radical (unpaired) electrons. The maximum Gasteiger partial charge on any atom is 0.118 e. The number of methoxy groups -OCH3 is 1. The fraction of sp³-hybridized carbons (Fsp3) is 0.333. The lowest BCUT2D eigenvalue weighted by atomic mass is 9.97. The van der Waals surface area contributed by atoms with Crippen LogP contribution in [-0.4, -0.2) is 7.11 Å². The predicted molar refractivity (Wildman–Crippen MR) is 83.6 cm³/mol. The minimum absolute atomic E-state index is 0.371. The molecule has 2 aromatic carbocycles. The fourth-order valence-corrected chi connectivity index (χ4v) is 2.93. The molecule has 1 aliphatic rings. The minimum atomic E-state index is 0.371. The summed E-state index contributed by atoms with van der Waals surface area (Å²) in [5.74, 6) is 1.46. The molecular formula is C18H21NO. The van der Waals surface area contributed by atoms with Gasteiger partial charge in [-0.25, -0.2) is 0 Å². The number of hydrogen-bond acceptors (Lipinski definition) is 2. The second-order valence-electron chi connectivity index (χ2n) is 5.71. The van der Waals surface area contributed by atoms with Gasteiger partial charge in [-0.05, 0) is 41.2 Å². The van der Waals surface area contributed by atoms with Crippen LogP contribution in [0, 0.1) is 0 Å². The fourth-order valence-electron chi connectivity index (χ4n) is 2.93. The molecule has 0 aromatic heterocycles. The lowest BCUT2D eigenvalue weighted by Gasteiger charge is -2.15. The van der Waals surface area contributed by atoms with Crippen molar-refractivity contribution in [2.75, 3.05) is 12.4 Å². The molecule has 0 spiro atoms. The lowest BCUT2D eigenvalue weighted by molar-refractivity contribution is 0.414. The summed E-state index contributed by atoms with van der Waals surface area (Å²) in [6.45, 7) is 4.50. The molecule has 0 bridgehead atoms. The van der Waals surface area contributed by atoms with Gasteiger partial charge >= 0.3 is 0 Å². The molecule has 1 heterocycles. The van der Waals surface area contributed by atoms with Crippen LogP contribution in [0.1, 0.15) is 42.5 Å². The Bertz CT molecular complexity index is 601. The van der Waals surface area contributed by atoms with Gasteiger partial charge in [-0.15, -0.1) is 0 Å². The van der Waals surface area contributed by atoms with Crippen molar-refractivity contribution in [3.8, 4) is 5.75 Å². The molecule has 20 heavy (non-hydrogen) atoms. The van der Waals surface area contributed by atoms with E-state index in [2.05, 4.69) is 49.5 Å². The van der Waals surface area contributed by atoms with E-state index < -0.39 is 0 Å². The van der Waals surface area contributed by atoms with E-state index in [0.29, 0.717) is 12.0 Å². The second-order valence-corrected chi connectivity index (χ2v) is 5.71. The molecular weight excluding hydrogens is 246 g/mol. The van der Waals surface area contributed by atoms with Crippen LogP contribution in [0.25, 0.3) is 0 Å². The van der Waals surface area contributed by atoms with Gasteiger partial charge < -0.3 is 10.1 Å². The van der Waals surface area contributed by atoms with Crippen molar-refractivity contribution in [1.29, 1.82) is 0 Å². The number of fused-ring (bicyclic) bond motifs is 1. The van der Waals surface area contributed by atoms with Crippen molar-refractivity contribution < 1.29 is 4.74 Å². The molecule has 0 aliphatic carbocycles. The Labute approximate surface area is 120 Å². The standard InChI is InChI=1S/C18H21NO/c1-12(2)16-6-4-5-14-11-17(19-18(14)16)13-7-9-15(20-3)10-8-13/h4-10,12,17,19H,11H2,1-3H3. The van der Waals surface area contributed by atoms with Gasteiger partial charge in [0.05, 0.1) is 13.2 Å². The summed E-state index contributed by atoms with van der Waals surface area (Å²) < 4.78 is 5.22. The van der Waals surface area contributed by atoms with E-state index >= 15 is 0 Å². The topological polar surface area (TPSA) is 21.3 Å². The third-order valence-electron chi connectivity index (χ3n) is 4.07. The third-order valence-corrected chi connectivity index (χ3v) is 4.07. The van der Waals surface area contributed by atoms with E-state index in [0.717, 1.165) is 12.2 Å². The van der Waals surface area contributed by atoms with E-state index in [1.54, 1.807) is 7.11 Å². The third kappa shape index (κ3) is 2.26. The SMILES string of the molecule is COc1ccc(C2Cc3cccc(C(C)C)c3N2)cc1. The number of ether oxygens (including phenoxy) is 1. The molecule has 2 aromatic rings. The van der Waals surface area contributed by atoms with Crippen LogP contribution < -0.4 is 10.1 Å². The van der Waals surface area contributed by atoms with Gasteiger partial charge in [0.25, 0.3) is 0 Å². The van der Waals surface area contributed by atoms with Crippen LogP contribution in [0.5, 0.6) is 5.75 Å². The van der Waals surface area contributed by atoms with Crippen molar-refractivity contribution in [2.45, 2.75) is 32.2 Å². The Kier molecular flexibility index (Phi) is 3.39. The first kappa shape index (κ1) is 13.0. The molecule has 0 saturated heterocycles. The Morgan fingerprint density at radius 1 is 1.10 bits per heavy atom. The molecule has 3 rings (SSSR count). The van der Waals surface area contributed by atoms with Crippen LogP contribution in [0.4, 0.5) is 5.69 Å². The molecule has 0 fully saturated rings. The molecule has 1 N–H and O–H groups in total. The number of rotatable bonds is 3. The highest BCUT2D eigenvalue weighted by Gasteiger charge is 2.24. The molecule has 2 nitrogen and oxygen atoms in total. The van der Waals surface area contributed by atoms with Gasteiger partial charge in [-0.3, -0.25) is 0 Å². The average Bonchev–Trinajstić information content (AvgIpc) is 2.90. The number of para-hydroxylation sites is 1. The van der Waals surface area contributed by atoms with Crippen molar-refractivity contribution in [2.24, 2.45) is 0 Å². The van der Waals surface area contributed by atoms with Crippen LogP contribution >= 0.6 is 0 Å². The average molecular weight is 267 g/mol. The molecule has 2 heteroatoms. The zero-order valence-corrected chi connectivity index (χ0v) is 12.3. The van der Waals surface area contributed by atoms with E-state index in [4.69, 9.17) is 4.74 Å². The highest BCUT2D eigenvalue weighted by atomic mass is 16.5. The Hall–Kier alpha value is -1.96. The van der Waals surface area contributed by atoms with Gasteiger partial charge in [-0.1, -0.05) is 44.2 Å². The highest BCUT2D eigenvalue weighted by Crippen LogP contribution is 2.39. The summed E-state index contributed by atoms with van der Waals surface area (Å²) in [5.41, 5.74) is 5.50. The normalized spacial score (nSPS) is 16.9. The van der Waals surface area contributed by atoms with Crippen LogP contribution in [0.3, 0.4) is 0 Å².